The first kappa shape index (κ1) is 22.5. The van der Waals surface area contributed by atoms with Crippen molar-refractivity contribution in [1.29, 1.82) is 0 Å². The average Bonchev–Trinajstić information content (AvgIpc) is 3.30. The van der Waals surface area contributed by atoms with E-state index in [1.165, 1.54) is 0 Å². The molecule has 1 atom stereocenters. The number of nitrogens with zero attached hydrogens (tertiary/aromatic N) is 2. The van der Waals surface area contributed by atoms with Crippen LogP contribution in [0, 0.1) is 0 Å². The topological polar surface area (TPSA) is 90.7 Å². The van der Waals surface area contributed by atoms with Crippen molar-refractivity contribution in [1.82, 2.24) is 5.32 Å². The summed E-state index contributed by atoms with van der Waals surface area (Å²) in [5.41, 5.74) is 3.62. The Hall–Kier alpha value is -4.33. The molecular formula is C27H25N3O5. The van der Waals surface area contributed by atoms with Gasteiger partial charge >= 0.3 is 0 Å². The van der Waals surface area contributed by atoms with Crippen LogP contribution in [0.1, 0.15) is 35.2 Å². The van der Waals surface area contributed by atoms with Crippen molar-refractivity contribution in [3.05, 3.63) is 71.8 Å². The third-order valence-corrected chi connectivity index (χ3v) is 5.97. The molecule has 2 heterocycles. The third-order valence-electron chi connectivity index (χ3n) is 5.97. The molecule has 178 valence electrons. The van der Waals surface area contributed by atoms with E-state index in [2.05, 4.69) is 5.32 Å². The molecule has 3 aromatic rings. The fourth-order valence-corrected chi connectivity index (χ4v) is 4.22. The second-order valence-electron chi connectivity index (χ2n) is 8.01. The summed E-state index contributed by atoms with van der Waals surface area (Å²) in [6, 6.07) is 18.4. The minimum absolute atomic E-state index is 0.140. The molecule has 3 aromatic carbocycles. The average molecular weight is 472 g/mol. The Labute approximate surface area is 203 Å². The fraction of sp³-hybridized carbons (Fsp3) is 0.222. The van der Waals surface area contributed by atoms with E-state index in [9.17, 15) is 4.79 Å². The van der Waals surface area contributed by atoms with Crippen LogP contribution in [0.3, 0.4) is 0 Å². The number of hydrogen-bond donors (Lipinski definition) is 1. The zero-order chi connectivity index (χ0) is 24.4. The van der Waals surface area contributed by atoms with Crippen LogP contribution < -0.4 is 24.3 Å². The van der Waals surface area contributed by atoms with Crippen molar-refractivity contribution in [2.45, 2.75) is 19.3 Å². The molecule has 0 radical (unpaired) electrons. The minimum Gasteiger partial charge on any atom is -0.493 e. The SMILES string of the molecule is CCC1=Nc2ccccc2N=C(NC(=O)c2ccc3c(c2)OCO3)[C@H]1c1ccc(OC)c(OC)c1. The summed E-state index contributed by atoms with van der Waals surface area (Å²) in [5, 5.41) is 3.05. The molecule has 2 aliphatic rings. The quantitative estimate of drug-likeness (QED) is 0.554. The van der Waals surface area contributed by atoms with Crippen molar-refractivity contribution in [2.24, 2.45) is 9.98 Å². The Bertz CT molecular complexity index is 1350. The molecule has 0 spiro atoms. The van der Waals surface area contributed by atoms with Gasteiger partial charge < -0.3 is 24.3 Å². The smallest absolute Gasteiger partial charge is 0.256 e. The van der Waals surface area contributed by atoms with Gasteiger partial charge in [0.15, 0.2) is 23.0 Å². The number of nitrogens with one attached hydrogen (secondary N) is 1. The van der Waals surface area contributed by atoms with Crippen LogP contribution in [-0.2, 0) is 0 Å². The Balaban J connectivity index is 1.59. The van der Waals surface area contributed by atoms with Gasteiger partial charge in [-0.05, 0) is 54.4 Å². The number of carbonyl (C=O) groups is 1. The van der Waals surface area contributed by atoms with Gasteiger partial charge in [-0.2, -0.15) is 0 Å². The number of fused-ring (bicyclic) bond motifs is 2. The van der Waals surface area contributed by atoms with Gasteiger partial charge in [-0.25, -0.2) is 4.99 Å². The zero-order valence-corrected chi connectivity index (χ0v) is 19.7. The normalized spacial score (nSPS) is 15.9. The molecule has 0 saturated carbocycles. The van der Waals surface area contributed by atoms with Crippen LogP contribution in [0.4, 0.5) is 11.4 Å². The van der Waals surface area contributed by atoms with Crippen LogP contribution >= 0.6 is 0 Å². The van der Waals surface area contributed by atoms with E-state index in [0.717, 1.165) is 17.0 Å². The maximum absolute atomic E-state index is 13.4. The molecule has 0 bridgehead atoms. The highest BCUT2D eigenvalue weighted by Gasteiger charge is 2.29. The summed E-state index contributed by atoms with van der Waals surface area (Å²) >= 11 is 0. The monoisotopic (exact) mass is 471 g/mol. The predicted molar refractivity (Wildman–Crippen MR) is 133 cm³/mol. The van der Waals surface area contributed by atoms with Crippen LogP contribution in [-0.4, -0.2) is 38.5 Å². The van der Waals surface area contributed by atoms with Crippen molar-refractivity contribution >= 4 is 28.8 Å². The molecule has 0 aliphatic carbocycles. The first-order valence-electron chi connectivity index (χ1n) is 11.3. The molecule has 0 saturated heterocycles. The highest BCUT2D eigenvalue weighted by molar-refractivity contribution is 6.19. The van der Waals surface area contributed by atoms with Gasteiger partial charge in [-0.15, -0.1) is 0 Å². The number of amides is 1. The summed E-state index contributed by atoms with van der Waals surface area (Å²) in [4.78, 5) is 23.2. The maximum atomic E-state index is 13.4. The number of ether oxygens (including phenoxy) is 4. The maximum Gasteiger partial charge on any atom is 0.256 e. The number of amidine groups is 1. The fourth-order valence-electron chi connectivity index (χ4n) is 4.22. The second-order valence-corrected chi connectivity index (χ2v) is 8.01. The van der Waals surface area contributed by atoms with Gasteiger partial charge in [0.2, 0.25) is 6.79 Å². The standard InChI is InChI=1S/C27H25N3O5/c1-4-18-25(16-9-11-21(32-2)23(13-16)33-3)26(29-20-8-6-5-7-19(20)28-18)30-27(31)17-10-12-22-24(14-17)35-15-34-22/h5-14,25H,4,15H2,1-3H3,(H,29,30,31)/t25-/m0/s1. The summed E-state index contributed by atoms with van der Waals surface area (Å²) in [6.07, 6.45) is 0.659. The van der Waals surface area contributed by atoms with Crippen LogP contribution in [0.25, 0.3) is 0 Å². The number of methoxy groups -OCH3 is 2. The first-order chi connectivity index (χ1) is 17.1. The van der Waals surface area contributed by atoms with Crippen molar-refractivity contribution in [2.75, 3.05) is 21.0 Å². The number of para-hydroxylation sites is 2. The lowest BCUT2D eigenvalue weighted by Gasteiger charge is -2.22. The molecule has 1 N–H and O–H groups in total. The van der Waals surface area contributed by atoms with Gasteiger partial charge in [0.05, 0.1) is 31.5 Å². The van der Waals surface area contributed by atoms with Gasteiger partial charge in [-0.1, -0.05) is 25.1 Å². The van der Waals surface area contributed by atoms with Crippen molar-refractivity contribution < 1.29 is 23.7 Å². The van der Waals surface area contributed by atoms with E-state index >= 15 is 0 Å². The first-order valence-corrected chi connectivity index (χ1v) is 11.3. The van der Waals surface area contributed by atoms with Crippen LogP contribution in [0.15, 0.2) is 70.6 Å². The minimum atomic E-state index is -0.398. The largest absolute Gasteiger partial charge is 0.493 e. The van der Waals surface area contributed by atoms with E-state index in [1.54, 1.807) is 32.4 Å². The molecule has 8 nitrogen and oxygen atoms in total. The summed E-state index contributed by atoms with van der Waals surface area (Å²) in [5.74, 6) is 2.14. The Kier molecular flexibility index (Phi) is 6.10. The highest BCUT2D eigenvalue weighted by atomic mass is 16.7. The predicted octanol–water partition coefficient (Wildman–Crippen LogP) is 5.17. The molecule has 5 rings (SSSR count). The molecule has 0 fully saturated rings. The molecule has 2 aliphatic heterocycles. The van der Waals surface area contributed by atoms with Crippen LogP contribution in [0.5, 0.6) is 23.0 Å². The number of hydrogen-bond acceptors (Lipinski definition) is 7. The number of aliphatic imine (C=N–C) groups is 2. The molecule has 1 amide bonds. The summed E-state index contributed by atoms with van der Waals surface area (Å²) in [7, 11) is 3.19. The molecule has 35 heavy (non-hydrogen) atoms. The lowest BCUT2D eigenvalue weighted by atomic mass is 9.90. The van der Waals surface area contributed by atoms with Crippen LogP contribution in [0.2, 0.25) is 0 Å². The van der Waals surface area contributed by atoms with E-state index in [4.69, 9.17) is 28.9 Å². The van der Waals surface area contributed by atoms with Gasteiger partial charge in [-0.3, -0.25) is 9.79 Å². The van der Waals surface area contributed by atoms with Gasteiger partial charge in [0.1, 0.15) is 5.84 Å². The number of carbonyl (C=O) groups excluding carboxylic acids is 1. The number of benzene rings is 3. The Morgan fingerprint density at radius 2 is 1.69 bits per heavy atom. The van der Waals surface area contributed by atoms with E-state index in [-0.39, 0.29) is 12.7 Å². The van der Waals surface area contributed by atoms with Crippen molar-refractivity contribution in [3.8, 4) is 23.0 Å². The Morgan fingerprint density at radius 1 is 0.943 bits per heavy atom. The molecule has 0 aromatic heterocycles. The number of rotatable bonds is 5. The van der Waals surface area contributed by atoms with Gasteiger partial charge in [0, 0.05) is 11.3 Å². The lowest BCUT2D eigenvalue weighted by Crippen LogP contribution is -2.37. The molecule has 0 unspecified atom stereocenters. The molecule has 8 heteroatoms. The lowest BCUT2D eigenvalue weighted by molar-refractivity contribution is 0.0976. The van der Waals surface area contributed by atoms with Crippen molar-refractivity contribution in [3.63, 3.8) is 0 Å². The second kappa shape index (κ2) is 9.50. The molecular weight excluding hydrogens is 446 g/mol. The van der Waals surface area contributed by atoms with Gasteiger partial charge in [0.25, 0.3) is 5.91 Å². The third kappa shape index (κ3) is 4.30. The van der Waals surface area contributed by atoms with E-state index in [0.29, 0.717) is 46.5 Å². The summed E-state index contributed by atoms with van der Waals surface area (Å²) < 4.78 is 21.8. The highest BCUT2D eigenvalue weighted by Crippen LogP contribution is 2.38. The Morgan fingerprint density at radius 3 is 2.43 bits per heavy atom. The van der Waals surface area contributed by atoms with E-state index in [1.807, 2.05) is 49.4 Å². The van der Waals surface area contributed by atoms with E-state index < -0.39 is 5.92 Å². The summed E-state index contributed by atoms with van der Waals surface area (Å²) in [6.45, 7) is 2.18. The zero-order valence-electron chi connectivity index (χ0n) is 19.7.